The van der Waals surface area contributed by atoms with Gasteiger partial charge in [-0.25, -0.2) is 0 Å². The molecule has 106 valence electrons. The number of carbonyl (C=O) groups excluding carboxylic acids is 1. The molecule has 0 aliphatic carbocycles. The first-order valence-corrected chi connectivity index (χ1v) is 7.26. The minimum Gasteiger partial charge on any atom is -0.393 e. The first kappa shape index (κ1) is 15.5. The van der Waals surface area contributed by atoms with Crippen LogP contribution in [0.25, 0.3) is 0 Å². The van der Waals surface area contributed by atoms with Crippen molar-refractivity contribution in [2.24, 2.45) is 11.3 Å². The Labute approximate surface area is 112 Å². The third-order valence-corrected chi connectivity index (χ3v) is 4.08. The standard InChI is InChI=1S/C15H29NO2/c1-12(17)6-5-10-16-11-9-13(15(2,3)4)7-8-14(16)18/h12-13,17H,5-11H2,1-4H3. The van der Waals surface area contributed by atoms with Crippen LogP contribution >= 0.6 is 0 Å². The molecule has 3 nitrogen and oxygen atoms in total. The third kappa shape index (κ3) is 4.97. The van der Waals surface area contributed by atoms with E-state index in [2.05, 4.69) is 20.8 Å². The number of nitrogens with zero attached hydrogens (tertiary/aromatic N) is 1. The van der Waals surface area contributed by atoms with Gasteiger partial charge in [-0.15, -0.1) is 0 Å². The molecule has 0 radical (unpaired) electrons. The fourth-order valence-electron chi connectivity index (χ4n) is 2.72. The number of aliphatic hydroxyl groups excluding tert-OH is 1. The molecule has 0 aromatic rings. The van der Waals surface area contributed by atoms with Crippen LogP contribution in [-0.2, 0) is 4.79 Å². The maximum absolute atomic E-state index is 12.0. The van der Waals surface area contributed by atoms with E-state index < -0.39 is 0 Å². The molecule has 1 saturated heterocycles. The number of likely N-dealkylation sites (tertiary alicyclic amines) is 1. The number of aliphatic hydroxyl groups is 1. The van der Waals surface area contributed by atoms with E-state index in [0.29, 0.717) is 23.7 Å². The largest absolute Gasteiger partial charge is 0.393 e. The smallest absolute Gasteiger partial charge is 0.222 e. The Kier molecular flexibility index (Phi) is 5.64. The van der Waals surface area contributed by atoms with Crippen molar-refractivity contribution in [1.29, 1.82) is 0 Å². The summed E-state index contributed by atoms with van der Waals surface area (Å²) in [6, 6.07) is 0. The molecule has 1 aliphatic heterocycles. The van der Waals surface area contributed by atoms with E-state index in [1.807, 2.05) is 4.90 Å². The number of hydrogen-bond acceptors (Lipinski definition) is 2. The molecular formula is C15H29NO2. The van der Waals surface area contributed by atoms with Crippen molar-refractivity contribution < 1.29 is 9.90 Å². The molecule has 18 heavy (non-hydrogen) atoms. The summed E-state index contributed by atoms with van der Waals surface area (Å²) in [4.78, 5) is 14.0. The van der Waals surface area contributed by atoms with Crippen molar-refractivity contribution in [1.82, 2.24) is 4.90 Å². The molecule has 0 bridgehead atoms. The minimum atomic E-state index is -0.255. The second-order valence-corrected chi connectivity index (χ2v) is 6.76. The zero-order valence-corrected chi connectivity index (χ0v) is 12.4. The molecule has 2 atom stereocenters. The van der Waals surface area contributed by atoms with Crippen LogP contribution in [0.15, 0.2) is 0 Å². The molecule has 1 N–H and O–H groups in total. The van der Waals surface area contributed by atoms with E-state index in [0.717, 1.165) is 38.8 Å². The molecule has 0 aromatic heterocycles. The van der Waals surface area contributed by atoms with Gasteiger partial charge in [-0.05, 0) is 43.9 Å². The van der Waals surface area contributed by atoms with Gasteiger partial charge in [0.05, 0.1) is 6.10 Å². The van der Waals surface area contributed by atoms with Crippen LogP contribution < -0.4 is 0 Å². The lowest BCUT2D eigenvalue weighted by Gasteiger charge is -2.29. The predicted octanol–water partition coefficient (Wildman–Crippen LogP) is 2.82. The van der Waals surface area contributed by atoms with Crippen LogP contribution in [-0.4, -0.2) is 35.1 Å². The van der Waals surface area contributed by atoms with Gasteiger partial charge in [-0.2, -0.15) is 0 Å². The molecular weight excluding hydrogens is 226 g/mol. The lowest BCUT2D eigenvalue weighted by Crippen LogP contribution is -2.32. The first-order valence-electron chi connectivity index (χ1n) is 7.26. The Balaban J connectivity index is 2.44. The van der Waals surface area contributed by atoms with Gasteiger partial charge in [0.15, 0.2) is 0 Å². The lowest BCUT2D eigenvalue weighted by atomic mass is 9.77. The molecule has 0 spiro atoms. The van der Waals surface area contributed by atoms with Crippen molar-refractivity contribution >= 4 is 5.91 Å². The highest BCUT2D eigenvalue weighted by Gasteiger charge is 2.29. The van der Waals surface area contributed by atoms with E-state index in [4.69, 9.17) is 0 Å². The molecule has 1 amide bonds. The summed E-state index contributed by atoms with van der Waals surface area (Å²) in [6.45, 7) is 10.3. The first-order chi connectivity index (χ1) is 8.30. The van der Waals surface area contributed by atoms with Crippen LogP contribution in [0.5, 0.6) is 0 Å². The summed E-state index contributed by atoms with van der Waals surface area (Å²) in [6.07, 6.45) is 4.26. The number of hydrogen-bond donors (Lipinski definition) is 1. The molecule has 2 unspecified atom stereocenters. The maximum Gasteiger partial charge on any atom is 0.222 e. The molecule has 3 heteroatoms. The van der Waals surface area contributed by atoms with Crippen LogP contribution in [0.2, 0.25) is 0 Å². The lowest BCUT2D eigenvalue weighted by molar-refractivity contribution is -0.130. The summed E-state index contributed by atoms with van der Waals surface area (Å²) in [7, 11) is 0. The Morgan fingerprint density at radius 1 is 1.39 bits per heavy atom. The highest BCUT2D eigenvalue weighted by Crippen LogP contribution is 2.34. The zero-order chi connectivity index (χ0) is 13.8. The quantitative estimate of drug-likeness (QED) is 0.839. The van der Waals surface area contributed by atoms with Gasteiger partial charge < -0.3 is 10.0 Å². The van der Waals surface area contributed by atoms with Gasteiger partial charge in [0.25, 0.3) is 0 Å². The SMILES string of the molecule is CC(O)CCCN1CCC(C(C)(C)C)CCC1=O. The summed E-state index contributed by atoms with van der Waals surface area (Å²) in [5.74, 6) is 0.940. The van der Waals surface area contributed by atoms with E-state index >= 15 is 0 Å². The molecule has 0 saturated carbocycles. The minimum absolute atomic E-state index is 0.255. The van der Waals surface area contributed by atoms with Gasteiger partial charge >= 0.3 is 0 Å². The molecule has 0 aromatic carbocycles. The van der Waals surface area contributed by atoms with Gasteiger partial charge in [0.1, 0.15) is 0 Å². The summed E-state index contributed by atoms with van der Waals surface area (Å²) >= 11 is 0. The Morgan fingerprint density at radius 2 is 2.06 bits per heavy atom. The number of rotatable bonds is 4. The average Bonchev–Trinajstić information content (AvgIpc) is 2.40. The highest BCUT2D eigenvalue weighted by atomic mass is 16.3. The Hall–Kier alpha value is -0.570. The van der Waals surface area contributed by atoms with Crippen molar-refractivity contribution in [2.75, 3.05) is 13.1 Å². The van der Waals surface area contributed by atoms with Crippen LogP contribution in [0.3, 0.4) is 0 Å². The van der Waals surface area contributed by atoms with E-state index in [9.17, 15) is 9.90 Å². The van der Waals surface area contributed by atoms with Gasteiger partial charge in [-0.1, -0.05) is 20.8 Å². The predicted molar refractivity (Wildman–Crippen MR) is 74.3 cm³/mol. The van der Waals surface area contributed by atoms with E-state index in [-0.39, 0.29) is 6.10 Å². The van der Waals surface area contributed by atoms with Crippen LogP contribution in [0.4, 0.5) is 0 Å². The van der Waals surface area contributed by atoms with E-state index in [1.54, 1.807) is 6.92 Å². The normalized spacial score (nSPS) is 23.9. The zero-order valence-electron chi connectivity index (χ0n) is 12.4. The molecule has 1 fully saturated rings. The second-order valence-electron chi connectivity index (χ2n) is 6.76. The molecule has 1 aliphatic rings. The Bertz CT molecular complexity index is 268. The van der Waals surface area contributed by atoms with Crippen molar-refractivity contribution in [2.45, 2.75) is 65.9 Å². The van der Waals surface area contributed by atoms with Crippen molar-refractivity contribution in [3.8, 4) is 0 Å². The monoisotopic (exact) mass is 255 g/mol. The van der Waals surface area contributed by atoms with Gasteiger partial charge in [0, 0.05) is 19.5 Å². The van der Waals surface area contributed by atoms with E-state index in [1.165, 1.54) is 0 Å². The van der Waals surface area contributed by atoms with Gasteiger partial charge in [-0.3, -0.25) is 4.79 Å². The number of amides is 1. The topological polar surface area (TPSA) is 40.5 Å². The fourth-order valence-corrected chi connectivity index (χ4v) is 2.72. The average molecular weight is 255 g/mol. The molecule has 1 heterocycles. The highest BCUT2D eigenvalue weighted by molar-refractivity contribution is 5.76. The van der Waals surface area contributed by atoms with Crippen LogP contribution in [0, 0.1) is 11.3 Å². The van der Waals surface area contributed by atoms with Gasteiger partial charge in [0.2, 0.25) is 5.91 Å². The number of carbonyl (C=O) groups is 1. The van der Waals surface area contributed by atoms with Crippen LogP contribution in [0.1, 0.15) is 59.8 Å². The summed E-state index contributed by atoms with van der Waals surface area (Å²) in [5, 5.41) is 9.25. The molecule has 1 rings (SSSR count). The fraction of sp³-hybridized carbons (Fsp3) is 0.933. The third-order valence-electron chi connectivity index (χ3n) is 4.08. The maximum atomic E-state index is 12.0. The second kappa shape index (κ2) is 6.55. The summed E-state index contributed by atoms with van der Waals surface area (Å²) < 4.78 is 0. The van der Waals surface area contributed by atoms with Crippen molar-refractivity contribution in [3.05, 3.63) is 0 Å². The van der Waals surface area contributed by atoms with Crippen molar-refractivity contribution in [3.63, 3.8) is 0 Å². The Morgan fingerprint density at radius 3 is 2.61 bits per heavy atom. The summed E-state index contributed by atoms with van der Waals surface area (Å²) in [5.41, 5.74) is 0.301.